The highest BCUT2D eigenvalue weighted by molar-refractivity contribution is 7.19. The third kappa shape index (κ3) is 4.77. The molecule has 0 radical (unpaired) electrons. The van der Waals surface area contributed by atoms with E-state index in [4.69, 9.17) is 21.1 Å². The van der Waals surface area contributed by atoms with Crippen molar-refractivity contribution in [2.75, 3.05) is 18.5 Å². The zero-order valence-electron chi connectivity index (χ0n) is 14.8. The molecule has 2 heterocycles. The Balaban J connectivity index is 1.79. The average molecular weight is 424 g/mol. The Labute approximate surface area is 170 Å². The lowest BCUT2D eigenvalue weighted by molar-refractivity contribution is 0.102. The number of anilines is 1. The highest BCUT2D eigenvalue weighted by atomic mass is 35.5. The van der Waals surface area contributed by atoms with E-state index in [9.17, 15) is 4.79 Å². The lowest BCUT2D eigenvalue weighted by atomic mass is 10.2. The fourth-order valence-electron chi connectivity index (χ4n) is 2.25. The molecule has 0 atom stereocenters. The van der Waals surface area contributed by atoms with E-state index in [0.717, 1.165) is 17.0 Å². The molecule has 0 spiro atoms. The summed E-state index contributed by atoms with van der Waals surface area (Å²) in [5.74, 6) is 0.556. The number of carbonyl (C=O) groups is 1. The van der Waals surface area contributed by atoms with E-state index in [1.807, 2.05) is 30.7 Å². The average Bonchev–Trinajstić information content (AvgIpc) is 3.32. The number of carbonyl (C=O) groups excluding carboxylic acids is 1. The number of hydrogen-bond acceptors (Lipinski definition) is 7. The van der Waals surface area contributed by atoms with Crippen molar-refractivity contribution in [1.82, 2.24) is 10.2 Å². The summed E-state index contributed by atoms with van der Waals surface area (Å²) >= 11 is 9.21. The maximum absolute atomic E-state index is 12.6. The number of aromatic nitrogens is 2. The molecule has 0 aliphatic heterocycles. The number of thiophene rings is 1. The summed E-state index contributed by atoms with van der Waals surface area (Å²) in [7, 11) is 0. The van der Waals surface area contributed by atoms with Crippen LogP contribution in [-0.2, 0) is 0 Å². The normalized spacial score (nSPS) is 10.6. The number of nitrogens with one attached hydrogen (secondary N) is 1. The molecule has 2 aromatic heterocycles. The Hall–Kier alpha value is -2.16. The largest absolute Gasteiger partial charge is 0.490 e. The van der Waals surface area contributed by atoms with E-state index >= 15 is 0 Å². The van der Waals surface area contributed by atoms with Crippen LogP contribution in [0.1, 0.15) is 30.6 Å². The van der Waals surface area contributed by atoms with Gasteiger partial charge in [0.2, 0.25) is 5.13 Å². The van der Waals surface area contributed by atoms with E-state index in [1.54, 1.807) is 23.5 Å². The van der Waals surface area contributed by atoms with Crippen LogP contribution in [0.4, 0.5) is 5.13 Å². The van der Waals surface area contributed by atoms with E-state index < -0.39 is 0 Å². The molecule has 6 nitrogen and oxygen atoms in total. The lowest BCUT2D eigenvalue weighted by Gasteiger charge is -2.14. The van der Waals surface area contributed by atoms with E-state index in [0.29, 0.717) is 40.4 Å². The molecule has 0 aliphatic carbocycles. The van der Waals surface area contributed by atoms with Crippen LogP contribution in [-0.4, -0.2) is 29.3 Å². The van der Waals surface area contributed by atoms with Crippen molar-refractivity contribution >= 4 is 45.3 Å². The predicted octanol–water partition coefficient (Wildman–Crippen LogP) is 5.36. The molecule has 142 valence electrons. The van der Waals surface area contributed by atoms with Crippen LogP contribution in [0.15, 0.2) is 29.0 Å². The van der Waals surface area contributed by atoms with Crippen molar-refractivity contribution in [1.29, 1.82) is 0 Å². The second-order valence-electron chi connectivity index (χ2n) is 5.45. The van der Waals surface area contributed by atoms with Crippen LogP contribution in [0.2, 0.25) is 5.02 Å². The summed E-state index contributed by atoms with van der Waals surface area (Å²) in [5.41, 5.74) is 1.34. The zero-order valence-corrected chi connectivity index (χ0v) is 17.2. The summed E-state index contributed by atoms with van der Waals surface area (Å²) < 4.78 is 11.3. The minimum absolute atomic E-state index is 0.329. The second kappa shape index (κ2) is 9.16. The van der Waals surface area contributed by atoms with Gasteiger partial charge in [0, 0.05) is 16.5 Å². The maximum atomic E-state index is 12.6. The van der Waals surface area contributed by atoms with Crippen LogP contribution < -0.4 is 14.8 Å². The van der Waals surface area contributed by atoms with Gasteiger partial charge in [0.25, 0.3) is 5.91 Å². The van der Waals surface area contributed by atoms with E-state index in [2.05, 4.69) is 15.5 Å². The number of ether oxygens (including phenoxy) is 2. The predicted molar refractivity (Wildman–Crippen MR) is 110 cm³/mol. The molecular formula is C18H18ClN3O3S2. The van der Waals surface area contributed by atoms with Gasteiger partial charge in [0.05, 0.1) is 18.2 Å². The quantitative estimate of drug-likeness (QED) is 0.528. The molecule has 1 N–H and O–H groups in total. The van der Waals surface area contributed by atoms with Gasteiger partial charge >= 0.3 is 0 Å². The van der Waals surface area contributed by atoms with Crippen LogP contribution in [0.25, 0.3) is 10.6 Å². The molecule has 0 unspecified atom stereocenters. The van der Waals surface area contributed by atoms with Gasteiger partial charge in [-0.2, -0.15) is 11.3 Å². The molecule has 0 saturated carbocycles. The van der Waals surface area contributed by atoms with Gasteiger partial charge < -0.3 is 9.47 Å². The Kier molecular flexibility index (Phi) is 6.65. The molecule has 0 aliphatic rings. The van der Waals surface area contributed by atoms with Crippen LogP contribution in [0.5, 0.6) is 11.5 Å². The third-order valence-corrected chi connectivity index (χ3v) is 5.29. The molecular weight excluding hydrogens is 406 g/mol. The minimum atomic E-state index is -0.340. The maximum Gasteiger partial charge on any atom is 0.257 e. The Morgan fingerprint density at radius 2 is 2.11 bits per heavy atom. The van der Waals surface area contributed by atoms with Crippen LogP contribution >= 0.6 is 34.3 Å². The van der Waals surface area contributed by atoms with Gasteiger partial charge in [-0.1, -0.05) is 29.9 Å². The summed E-state index contributed by atoms with van der Waals surface area (Å²) in [6.07, 6.45) is 0.841. The van der Waals surface area contributed by atoms with Gasteiger partial charge in [-0.15, -0.1) is 10.2 Å². The number of rotatable bonds is 8. The molecule has 1 amide bonds. The Bertz CT molecular complexity index is 913. The van der Waals surface area contributed by atoms with E-state index in [1.165, 1.54) is 11.3 Å². The highest BCUT2D eigenvalue weighted by Crippen LogP contribution is 2.37. The number of nitrogens with zero attached hydrogens (tertiary/aromatic N) is 2. The van der Waals surface area contributed by atoms with Crippen molar-refractivity contribution in [2.45, 2.75) is 20.3 Å². The van der Waals surface area contributed by atoms with Crippen molar-refractivity contribution in [3.63, 3.8) is 0 Å². The number of hydrogen-bond donors (Lipinski definition) is 1. The summed E-state index contributed by atoms with van der Waals surface area (Å²) in [6, 6.07) is 5.14. The third-order valence-electron chi connectivity index (χ3n) is 3.44. The number of benzene rings is 1. The van der Waals surface area contributed by atoms with Gasteiger partial charge in [-0.05, 0) is 36.9 Å². The minimum Gasteiger partial charge on any atom is -0.490 e. The molecule has 3 aromatic rings. The summed E-state index contributed by atoms with van der Waals surface area (Å²) in [5, 5.41) is 16.3. The standard InChI is InChI=1S/C18H18ClN3O3S2/c1-3-6-25-15-13(19)8-12(9-14(15)24-4-2)16(23)20-18-22-21-17(27-18)11-5-7-26-10-11/h5,7-10H,3-4,6H2,1-2H3,(H,20,22,23). The van der Waals surface area contributed by atoms with E-state index in [-0.39, 0.29) is 5.91 Å². The molecule has 9 heteroatoms. The zero-order chi connectivity index (χ0) is 19.2. The first-order chi connectivity index (χ1) is 13.1. The highest BCUT2D eigenvalue weighted by Gasteiger charge is 2.18. The first-order valence-corrected chi connectivity index (χ1v) is 10.5. The fourth-order valence-corrected chi connectivity index (χ4v) is 3.97. The SMILES string of the molecule is CCCOc1c(Cl)cc(C(=O)Nc2nnc(-c3ccsc3)s2)cc1OCC. The molecule has 0 bridgehead atoms. The van der Waals surface area contributed by atoms with Crippen molar-refractivity contribution in [3.05, 3.63) is 39.5 Å². The molecule has 27 heavy (non-hydrogen) atoms. The monoisotopic (exact) mass is 423 g/mol. The lowest BCUT2D eigenvalue weighted by Crippen LogP contribution is -2.12. The van der Waals surface area contributed by atoms with Crippen LogP contribution in [0, 0.1) is 0 Å². The Morgan fingerprint density at radius 3 is 2.81 bits per heavy atom. The molecule has 0 fully saturated rings. The van der Waals surface area contributed by atoms with Gasteiger partial charge in [-0.25, -0.2) is 0 Å². The van der Waals surface area contributed by atoms with Gasteiger partial charge in [-0.3, -0.25) is 10.1 Å². The van der Waals surface area contributed by atoms with Gasteiger partial charge in [0.1, 0.15) is 5.01 Å². The van der Waals surface area contributed by atoms with Crippen molar-refractivity contribution < 1.29 is 14.3 Å². The number of amides is 1. The molecule has 0 saturated heterocycles. The first-order valence-electron chi connectivity index (χ1n) is 8.39. The van der Waals surface area contributed by atoms with Crippen molar-refractivity contribution in [2.24, 2.45) is 0 Å². The van der Waals surface area contributed by atoms with Crippen LogP contribution in [0.3, 0.4) is 0 Å². The molecule has 1 aromatic carbocycles. The Morgan fingerprint density at radius 1 is 1.26 bits per heavy atom. The van der Waals surface area contributed by atoms with Gasteiger partial charge in [0.15, 0.2) is 11.5 Å². The summed E-state index contributed by atoms with van der Waals surface area (Å²) in [4.78, 5) is 12.6. The first kappa shape index (κ1) is 19.6. The smallest absolute Gasteiger partial charge is 0.257 e. The number of halogens is 1. The summed E-state index contributed by atoms with van der Waals surface area (Å²) in [6.45, 7) is 4.81. The van der Waals surface area contributed by atoms with Crippen molar-refractivity contribution in [3.8, 4) is 22.1 Å². The fraction of sp³-hybridized carbons (Fsp3) is 0.278. The molecule has 3 rings (SSSR count). The second-order valence-corrected chi connectivity index (χ2v) is 7.61. The topological polar surface area (TPSA) is 73.3 Å².